The summed E-state index contributed by atoms with van der Waals surface area (Å²) in [6.07, 6.45) is 9.10. The van der Waals surface area contributed by atoms with Crippen LogP contribution in [0.25, 0.3) is 0 Å². The van der Waals surface area contributed by atoms with Gasteiger partial charge in [-0.25, -0.2) is 9.78 Å². The van der Waals surface area contributed by atoms with Gasteiger partial charge in [-0.2, -0.15) is 0 Å². The van der Waals surface area contributed by atoms with Crippen LogP contribution in [0.15, 0.2) is 55.3 Å². The number of imidazole rings is 1. The molecule has 1 aromatic heterocycles. The number of nitrogens with zero attached hydrogens (tertiary/aromatic N) is 2. The number of aliphatic hydroxyl groups excluding tert-OH is 1. The third-order valence-electron chi connectivity index (χ3n) is 3.13. The SMILES string of the molecule is CC(/C=C\NC(=O)n1ccnc1)Cc1ccc(CO)cc1. The predicted octanol–water partition coefficient (Wildman–Crippen LogP) is 2.33. The highest BCUT2D eigenvalue weighted by Gasteiger charge is 2.02. The first-order valence-corrected chi connectivity index (χ1v) is 6.83. The highest BCUT2D eigenvalue weighted by molar-refractivity contribution is 5.77. The maximum absolute atomic E-state index is 11.7. The molecule has 0 aliphatic rings. The number of nitrogens with one attached hydrogen (secondary N) is 1. The molecule has 1 heterocycles. The van der Waals surface area contributed by atoms with E-state index in [0.29, 0.717) is 5.92 Å². The highest BCUT2D eigenvalue weighted by Crippen LogP contribution is 2.11. The summed E-state index contributed by atoms with van der Waals surface area (Å²) in [6, 6.07) is 7.64. The Bertz CT molecular complexity index is 588. The van der Waals surface area contributed by atoms with Gasteiger partial charge in [0.1, 0.15) is 6.33 Å². The molecule has 0 aliphatic heterocycles. The minimum absolute atomic E-state index is 0.0655. The van der Waals surface area contributed by atoms with E-state index in [9.17, 15) is 4.79 Å². The van der Waals surface area contributed by atoms with Crippen LogP contribution >= 0.6 is 0 Å². The van der Waals surface area contributed by atoms with Gasteiger partial charge in [-0.1, -0.05) is 37.3 Å². The Hall–Kier alpha value is -2.40. The zero-order valence-corrected chi connectivity index (χ0v) is 11.9. The van der Waals surface area contributed by atoms with Crippen LogP contribution in [0.4, 0.5) is 4.79 Å². The minimum atomic E-state index is -0.233. The zero-order chi connectivity index (χ0) is 15.1. The number of amides is 1. The minimum Gasteiger partial charge on any atom is -0.392 e. The number of hydrogen-bond acceptors (Lipinski definition) is 3. The lowest BCUT2D eigenvalue weighted by Gasteiger charge is -2.07. The Morgan fingerprint density at radius 1 is 1.38 bits per heavy atom. The molecular formula is C16H19N3O2. The van der Waals surface area contributed by atoms with E-state index in [2.05, 4.69) is 17.2 Å². The lowest BCUT2D eigenvalue weighted by molar-refractivity contribution is 0.245. The van der Waals surface area contributed by atoms with Crippen LogP contribution in [0.2, 0.25) is 0 Å². The van der Waals surface area contributed by atoms with E-state index in [1.807, 2.05) is 30.3 Å². The molecule has 1 amide bonds. The number of aromatic nitrogens is 2. The first kappa shape index (κ1) is 15.0. The van der Waals surface area contributed by atoms with Crippen molar-refractivity contribution in [1.82, 2.24) is 14.9 Å². The van der Waals surface area contributed by atoms with E-state index in [0.717, 1.165) is 12.0 Å². The Morgan fingerprint density at radius 3 is 2.71 bits per heavy atom. The quantitative estimate of drug-likeness (QED) is 0.886. The number of allylic oxidation sites excluding steroid dienone is 1. The van der Waals surface area contributed by atoms with Crippen molar-refractivity contribution in [2.45, 2.75) is 20.0 Å². The van der Waals surface area contributed by atoms with Crippen LogP contribution in [-0.4, -0.2) is 20.7 Å². The normalized spacial score (nSPS) is 12.5. The molecule has 0 aliphatic carbocycles. The smallest absolute Gasteiger partial charge is 0.330 e. The van der Waals surface area contributed by atoms with Gasteiger partial charge < -0.3 is 10.4 Å². The van der Waals surface area contributed by atoms with Gasteiger partial charge in [-0.15, -0.1) is 0 Å². The Morgan fingerprint density at radius 2 is 2.10 bits per heavy atom. The van der Waals surface area contributed by atoms with Gasteiger partial charge in [0.05, 0.1) is 6.61 Å². The highest BCUT2D eigenvalue weighted by atomic mass is 16.3. The van der Waals surface area contributed by atoms with Crippen molar-refractivity contribution >= 4 is 6.03 Å². The average molecular weight is 285 g/mol. The number of carbonyl (C=O) groups is 1. The van der Waals surface area contributed by atoms with E-state index in [4.69, 9.17) is 5.11 Å². The van der Waals surface area contributed by atoms with E-state index in [-0.39, 0.29) is 12.6 Å². The molecule has 2 rings (SSSR count). The van der Waals surface area contributed by atoms with Gasteiger partial charge >= 0.3 is 6.03 Å². The molecule has 1 unspecified atom stereocenters. The third kappa shape index (κ3) is 4.57. The Labute approximate surface area is 123 Å². The fourth-order valence-electron chi connectivity index (χ4n) is 1.96. The van der Waals surface area contributed by atoms with Crippen molar-refractivity contribution in [3.63, 3.8) is 0 Å². The summed E-state index contributed by atoms with van der Waals surface area (Å²) in [5.41, 5.74) is 2.11. The molecule has 2 aromatic rings. The second-order valence-corrected chi connectivity index (χ2v) is 4.93. The molecule has 5 heteroatoms. The molecule has 0 saturated carbocycles. The number of carbonyl (C=O) groups excluding carboxylic acids is 1. The predicted molar refractivity (Wildman–Crippen MR) is 80.5 cm³/mol. The van der Waals surface area contributed by atoms with Crippen molar-refractivity contribution in [1.29, 1.82) is 0 Å². The van der Waals surface area contributed by atoms with E-state index in [1.54, 1.807) is 18.6 Å². The second-order valence-electron chi connectivity index (χ2n) is 4.93. The standard InChI is InChI=1S/C16H19N3O2/c1-13(10-14-2-4-15(11-20)5-3-14)6-7-18-16(21)19-9-8-17-12-19/h2-9,12-13,20H,10-11H2,1H3,(H,18,21)/b7-6-. The Balaban J connectivity index is 1.81. The topological polar surface area (TPSA) is 67.2 Å². The summed E-state index contributed by atoms with van der Waals surface area (Å²) in [5, 5.41) is 11.7. The second kappa shape index (κ2) is 7.40. The van der Waals surface area contributed by atoms with Gasteiger partial charge in [0, 0.05) is 18.6 Å². The summed E-state index contributed by atoms with van der Waals surface area (Å²) in [4.78, 5) is 15.5. The molecule has 1 aromatic carbocycles. The van der Waals surface area contributed by atoms with Crippen LogP contribution in [0.1, 0.15) is 18.1 Å². The monoisotopic (exact) mass is 285 g/mol. The number of benzene rings is 1. The summed E-state index contributed by atoms with van der Waals surface area (Å²) in [6.45, 7) is 2.15. The molecule has 0 bridgehead atoms. The van der Waals surface area contributed by atoms with E-state index in [1.165, 1.54) is 16.5 Å². The van der Waals surface area contributed by atoms with E-state index < -0.39 is 0 Å². The van der Waals surface area contributed by atoms with Crippen molar-refractivity contribution in [3.05, 3.63) is 66.4 Å². The molecule has 0 saturated heterocycles. The summed E-state index contributed by atoms with van der Waals surface area (Å²) in [5.74, 6) is 0.299. The number of aliphatic hydroxyl groups is 1. The number of rotatable bonds is 5. The van der Waals surface area contributed by atoms with Crippen LogP contribution in [0, 0.1) is 5.92 Å². The van der Waals surface area contributed by atoms with Crippen LogP contribution in [0.3, 0.4) is 0 Å². The molecule has 0 radical (unpaired) electrons. The molecule has 0 fully saturated rings. The fourth-order valence-corrected chi connectivity index (χ4v) is 1.96. The van der Waals surface area contributed by atoms with Crippen LogP contribution in [0.5, 0.6) is 0 Å². The van der Waals surface area contributed by atoms with Gasteiger partial charge in [-0.3, -0.25) is 4.57 Å². The largest absolute Gasteiger partial charge is 0.392 e. The summed E-state index contributed by atoms with van der Waals surface area (Å²) < 4.78 is 1.38. The molecule has 1 atom stereocenters. The summed E-state index contributed by atoms with van der Waals surface area (Å²) in [7, 11) is 0. The molecule has 21 heavy (non-hydrogen) atoms. The first-order chi connectivity index (χ1) is 10.2. The van der Waals surface area contributed by atoms with E-state index >= 15 is 0 Å². The number of hydrogen-bond donors (Lipinski definition) is 2. The molecule has 0 spiro atoms. The molecule has 110 valence electrons. The van der Waals surface area contributed by atoms with Crippen molar-refractivity contribution in [3.8, 4) is 0 Å². The maximum atomic E-state index is 11.7. The lowest BCUT2D eigenvalue weighted by atomic mass is 10.0. The molecule has 5 nitrogen and oxygen atoms in total. The van der Waals surface area contributed by atoms with Gasteiger partial charge in [-0.05, 0) is 23.5 Å². The van der Waals surface area contributed by atoms with Crippen LogP contribution < -0.4 is 5.32 Å². The summed E-state index contributed by atoms with van der Waals surface area (Å²) >= 11 is 0. The van der Waals surface area contributed by atoms with Gasteiger partial charge in [0.15, 0.2) is 0 Å². The van der Waals surface area contributed by atoms with Gasteiger partial charge in [0.25, 0.3) is 0 Å². The average Bonchev–Trinajstić information content (AvgIpc) is 3.02. The Kier molecular flexibility index (Phi) is 5.29. The van der Waals surface area contributed by atoms with Crippen molar-refractivity contribution in [2.75, 3.05) is 0 Å². The fraction of sp³-hybridized carbons (Fsp3) is 0.250. The zero-order valence-electron chi connectivity index (χ0n) is 11.9. The third-order valence-corrected chi connectivity index (χ3v) is 3.13. The van der Waals surface area contributed by atoms with Crippen molar-refractivity contribution < 1.29 is 9.90 Å². The lowest BCUT2D eigenvalue weighted by Crippen LogP contribution is -2.22. The first-order valence-electron chi connectivity index (χ1n) is 6.83. The van der Waals surface area contributed by atoms with Crippen molar-refractivity contribution in [2.24, 2.45) is 5.92 Å². The van der Waals surface area contributed by atoms with Gasteiger partial charge in [0.2, 0.25) is 0 Å². The maximum Gasteiger partial charge on any atom is 0.330 e. The van der Waals surface area contributed by atoms with Crippen LogP contribution in [-0.2, 0) is 13.0 Å². The molecular weight excluding hydrogens is 266 g/mol. The molecule has 2 N–H and O–H groups in total.